The van der Waals surface area contributed by atoms with Gasteiger partial charge in [-0.2, -0.15) is 0 Å². The van der Waals surface area contributed by atoms with Gasteiger partial charge in [-0.1, -0.05) is 0 Å². The van der Waals surface area contributed by atoms with Gasteiger partial charge in [-0.15, -0.1) is 0 Å². The molecule has 0 amide bonds. The zero-order chi connectivity index (χ0) is 6.12. The first kappa shape index (κ1) is 10.6. The molecule has 0 aromatic heterocycles. The monoisotopic (exact) mass is 134 g/mol. The van der Waals surface area contributed by atoms with Crippen LogP contribution in [0.4, 0.5) is 0 Å². The molecular formula is C3H8AlO2P. The summed E-state index contributed by atoms with van der Waals surface area (Å²) in [6, 6.07) is 0. The Morgan fingerprint density at radius 3 is 2.00 bits per heavy atom. The van der Waals surface area contributed by atoms with Gasteiger partial charge in [0.25, 0.3) is 0 Å². The smallest absolute Gasteiger partial charge is 0.0642 e. The summed E-state index contributed by atoms with van der Waals surface area (Å²) >= 11 is 0.782. The molecule has 0 aliphatic carbocycles. The Labute approximate surface area is 51.9 Å². The summed E-state index contributed by atoms with van der Waals surface area (Å²) < 4.78 is 8.35. The maximum absolute atomic E-state index is 8.35. The van der Waals surface area contributed by atoms with Gasteiger partial charge in [-0.05, 0) is 0 Å². The van der Waals surface area contributed by atoms with E-state index in [4.69, 9.17) is 9.46 Å². The van der Waals surface area contributed by atoms with Crippen molar-refractivity contribution in [3.8, 4) is 0 Å². The zero-order valence-electron chi connectivity index (χ0n) is 4.55. The minimum Gasteiger partial charge on any atom is -0.772 e. The van der Waals surface area contributed by atoms with E-state index in [0.717, 1.165) is 15.2 Å². The second kappa shape index (κ2) is 16.0. The first-order valence-electron chi connectivity index (χ1n) is 2.06. The van der Waals surface area contributed by atoms with E-state index in [1.165, 1.54) is 5.28 Å². The van der Waals surface area contributed by atoms with Crippen LogP contribution in [-0.2, 0) is 4.57 Å². The first-order valence-corrected chi connectivity index (χ1v) is 4.76. The average molecular weight is 134 g/mol. The van der Waals surface area contributed by atoms with E-state index in [9.17, 15) is 0 Å². The Hall–Kier alpha value is 0.592. The Bertz CT molecular complexity index is 32.1. The van der Waals surface area contributed by atoms with Crippen LogP contribution in [0.25, 0.3) is 0 Å². The second-order valence-corrected chi connectivity index (χ2v) is 2.67. The summed E-state index contributed by atoms with van der Waals surface area (Å²) in [5, 5.41) is 1.40. The molecule has 0 spiro atoms. The van der Waals surface area contributed by atoms with Crippen LogP contribution in [0, 0.1) is 0 Å². The third-order valence-electron chi connectivity index (χ3n) is 0.408. The van der Waals surface area contributed by atoms with Crippen molar-refractivity contribution in [2.24, 2.45) is 0 Å². The molecule has 0 aliphatic rings. The molecule has 0 unspecified atom stereocenters. The minimum absolute atomic E-state index is 0.782. The third-order valence-corrected chi connectivity index (χ3v) is 1.22. The third kappa shape index (κ3) is 54.8. The van der Waals surface area contributed by atoms with Gasteiger partial charge in [-0.25, -0.2) is 0 Å². The molecule has 0 saturated carbocycles. The minimum atomic E-state index is -1.08. The average Bonchev–Trinajstić information content (AvgIpc) is 1.69. The van der Waals surface area contributed by atoms with Crippen molar-refractivity contribution in [3.63, 3.8) is 0 Å². The van der Waals surface area contributed by atoms with Crippen LogP contribution in [-0.4, -0.2) is 15.2 Å². The molecular weight excluding hydrogens is 126 g/mol. The maximum Gasteiger partial charge on any atom is 0.0642 e. The van der Waals surface area contributed by atoms with Crippen LogP contribution in [0.5, 0.6) is 0 Å². The quantitative estimate of drug-likeness (QED) is 0.391. The van der Waals surface area contributed by atoms with E-state index in [-0.39, 0.29) is 0 Å². The largest absolute Gasteiger partial charge is 0.772 e. The predicted octanol–water partition coefficient (Wildman–Crippen LogP) is 0.730. The molecule has 4 heteroatoms. The van der Waals surface area contributed by atoms with Gasteiger partial charge in [0.2, 0.25) is 0 Å². The molecule has 7 heavy (non-hydrogen) atoms. The van der Waals surface area contributed by atoms with Crippen LogP contribution in [0.3, 0.4) is 0 Å². The normalized spacial score (nSPS) is 6.14. The number of rotatable bonds is 1. The van der Waals surface area contributed by atoms with Crippen LogP contribution in [0.1, 0.15) is 6.92 Å². The van der Waals surface area contributed by atoms with Gasteiger partial charge < -0.3 is 4.89 Å². The fourth-order valence-electron chi connectivity index (χ4n) is 0. The van der Waals surface area contributed by atoms with Crippen LogP contribution in [0.2, 0.25) is 11.1 Å². The molecule has 0 N–H and O–H groups in total. The molecule has 0 fully saturated rings. The topological polar surface area (TPSA) is 40.1 Å². The van der Waals surface area contributed by atoms with Crippen molar-refractivity contribution in [2.45, 2.75) is 18.0 Å². The van der Waals surface area contributed by atoms with Crippen molar-refractivity contribution < 1.29 is 9.46 Å². The fourth-order valence-corrected chi connectivity index (χ4v) is 0. The van der Waals surface area contributed by atoms with Crippen molar-refractivity contribution in [3.05, 3.63) is 0 Å². The zero-order valence-corrected chi connectivity index (χ0v) is 6.60. The van der Waals surface area contributed by atoms with Gasteiger partial charge in [-0.3, -0.25) is 4.57 Å². The van der Waals surface area contributed by atoms with Crippen molar-refractivity contribution >= 4 is 23.9 Å². The standard InChI is InChI=1S/C2H5.CH3.Al.HO2P/c1-2;;;1-3-2/h1H2,2H3;1H3;;(H,1,2)/q;;+1;/p-1. The van der Waals surface area contributed by atoms with Gasteiger partial charge in [0.1, 0.15) is 0 Å². The summed E-state index contributed by atoms with van der Waals surface area (Å²) in [6.07, 6.45) is 0. The SMILES string of the molecule is C[CH2][Al+][CH3].O=P[O-]. The molecule has 0 aromatic carbocycles. The van der Waals surface area contributed by atoms with Gasteiger partial charge in [0.05, 0.1) is 8.69 Å². The van der Waals surface area contributed by atoms with E-state index in [1.54, 1.807) is 0 Å². The van der Waals surface area contributed by atoms with Crippen LogP contribution >= 0.6 is 8.69 Å². The van der Waals surface area contributed by atoms with Crippen molar-refractivity contribution in [1.29, 1.82) is 0 Å². The van der Waals surface area contributed by atoms with Gasteiger partial charge in [0.15, 0.2) is 0 Å². The second-order valence-electron chi connectivity index (χ2n) is 0.891. The van der Waals surface area contributed by atoms with E-state index in [2.05, 4.69) is 12.7 Å². The van der Waals surface area contributed by atoms with Crippen LogP contribution < -0.4 is 4.89 Å². The van der Waals surface area contributed by atoms with Gasteiger partial charge in [0, 0.05) is 0 Å². The summed E-state index contributed by atoms with van der Waals surface area (Å²) in [4.78, 5) is 8.35. The molecule has 0 aliphatic heterocycles. The molecule has 0 bridgehead atoms. The van der Waals surface area contributed by atoms with Crippen LogP contribution in [0.15, 0.2) is 0 Å². The van der Waals surface area contributed by atoms with Crippen molar-refractivity contribution in [1.82, 2.24) is 0 Å². The predicted molar refractivity (Wildman–Crippen MR) is 29.7 cm³/mol. The van der Waals surface area contributed by atoms with E-state index < -0.39 is 8.69 Å². The Balaban J connectivity index is 0. The number of hydrogen-bond acceptors (Lipinski definition) is 2. The first-order chi connectivity index (χ1) is 3.33. The summed E-state index contributed by atoms with van der Waals surface area (Å²) in [7, 11) is -1.08. The molecule has 0 radical (unpaired) electrons. The van der Waals surface area contributed by atoms with E-state index >= 15 is 0 Å². The molecule has 0 saturated heterocycles. The summed E-state index contributed by atoms with van der Waals surface area (Å²) in [5.74, 6) is 2.26. The number of hydrogen-bond donors (Lipinski definition) is 0. The molecule has 0 heterocycles. The van der Waals surface area contributed by atoms with E-state index in [1.807, 2.05) is 0 Å². The molecule has 0 aromatic rings. The summed E-state index contributed by atoms with van der Waals surface area (Å²) in [5.41, 5.74) is 0. The molecule has 2 nitrogen and oxygen atoms in total. The van der Waals surface area contributed by atoms with Gasteiger partial charge >= 0.3 is 33.2 Å². The van der Waals surface area contributed by atoms with E-state index in [0.29, 0.717) is 0 Å². The molecule has 0 atom stereocenters. The van der Waals surface area contributed by atoms with Crippen molar-refractivity contribution in [2.75, 3.05) is 0 Å². The Morgan fingerprint density at radius 1 is 1.86 bits per heavy atom. The summed E-state index contributed by atoms with van der Waals surface area (Å²) in [6.45, 7) is 2.22. The molecule has 0 rings (SSSR count). The Kier molecular flexibility index (Phi) is 24.1. The fraction of sp³-hybridized carbons (Fsp3) is 1.00. The molecule has 40 valence electrons. The maximum atomic E-state index is 8.35. The Morgan fingerprint density at radius 2 is 2.00 bits per heavy atom.